The normalized spacial score (nSPS) is 10.6. The highest BCUT2D eigenvalue weighted by Crippen LogP contribution is 2.15. The Hall–Kier alpha value is -2.37. The number of nitrogens with zero attached hydrogens (tertiary/aromatic N) is 4. The fourth-order valence-corrected chi connectivity index (χ4v) is 1.72. The van der Waals surface area contributed by atoms with Gasteiger partial charge in [0.1, 0.15) is 0 Å². The standard InChI is InChI=1S/C14H19N5O/c1-10(2)20-14-17-12(15)16-13(18-14)19(3)9-11-7-5-4-6-8-11/h4-8,10H,9H2,1-3H3,(H2,15,16,17,18). The van der Waals surface area contributed by atoms with E-state index in [2.05, 4.69) is 15.0 Å². The largest absolute Gasteiger partial charge is 0.461 e. The zero-order valence-electron chi connectivity index (χ0n) is 11.9. The predicted molar refractivity (Wildman–Crippen MR) is 78.6 cm³/mol. The fraction of sp³-hybridized carbons (Fsp3) is 0.357. The number of hydrogen-bond acceptors (Lipinski definition) is 6. The van der Waals surface area contributed by atoms with Crippen molar-refractivity contribution in [2.75, 3.05) is 17.7 Å². The van der Waals surface area contributed by atoms with Gasteiger partial charge in [-0.2, -0.15) is 15.0 Å². The maximum absolute atomic E-state index is 5.70. The van der Waals surface area contributed by atoms with E-state index in [1.165, 1.54) is 5.56 Å². The molecule has 0 aliphatic rings. The van der Waals surface area contributed by atoms with Crippen LogP contribution in [0.25, 0.3) is 0 Å². The second-order valence-corrected chi connectivity index (χ2v) is 4.78. The number of benzene rings is 1. The van der Waals surface area contributed by atoms with Crippen molar-refractivity contribution in [3.05, 3.63) is 35.9 Å². The van der Waals surface area contributed by atoms with Gasteiger partial charge in [0, 0.05) is 13.6 Å². The quantitative estimate of drug-likeness (QED) is 0.896. The van der Waals surface area contributed by atoms with Gasteiger partial charge in [0.05, 0.1) is 6.10 Å². The molecule has 0 radical (unpaired) electrons. The van der Waals surface area contributed by atoms with Crippen LogP contribution < -0.4 is 15.4 Å². The lowest BCUT2D eigenvalue weighted by molar-refractivity contribution is 0.222. The molecule has 1 aromatic carbocycles. The minimum atomic E-state index is -0.0101. The van der Waals surface area contributed by atoms with Gasteiger partial charge in [0.25, 0.3) is 0 Å². The van der Waals surface area contributed by atoms with Crippen LogP contribution in [-0.4, -0.2) is 28.1 Å². The summed E-state index contributed by atoms with van der Waals surface area (Å²) >= 11 is 0. The van der Waals surface area contributed by atoms with Crippen LogP contribution in [0.15, 0.2) is 30.3 Å². The Kier molecular flexibility index (Phi) is 4.34. The molecule has 0 saturated carbocycles. The summed E-state index contributed by atoms with van der Waals surface area (Å²) in [5.41, 5.74) is 6.86. The lowest BCUT2D eigenvalue weighted by Gasteiger charge is -2.18. The van der Waals surface area contributed by atoms with E-state index in [9.17, 15) is 0 Å². The maximum atomic E-state index is 5.70. The van der Waals surface area contributed by atoms with Crippen LogP contribution >= 0.6 is 0 Å². The summed E-state index contributed by atoms with van der Waals surface area (Å²) < 4.78 is 5.47. The molecule has 0 saturated heterocycles. The van der Waals surface area contributed by atoms with Gasteiger partial charge in [-0.05, 0) is 19.4 Å². The molecule has 0 spiro atoms. The third-order valence-corrected chi connectivity index (χ3v) is 2.57. The molecule has 2 aromatic rings. The highest BCUT2D eigenvalue weighted by molar-refractivity contribution is 5.36. The van der Waals surface area contributed by atoms with Crippen molar-refractivity contribution in [2.24, 2.45) is 0 Å². The van der Waals surface area contributed by atoms with Gasteiger partial charge in [-0.15, -0.1) is 0 Å². The van der Waals surface area contributed by atoms with E-state index in [0.29, 0.717) is 12.5 Å². The van der Waals surface area contributed by atoms with Crippen LogP contribution in [0.3, 0.4) is 0 Å². The molecule has 1 aromatic heterocycles. The van der Waals surface area contributed by atoms with E-state index in [1.807, 2.05) is 56.1 Å². The predicted octanol–water partition coefficient (Wildman–Crippen LogP) is 1.88. The Balaban J connectivity index is 2.16. The van der Waals surface area contributed by atoms with Gasteiger partial charge in [0.2, 0.25) is 11.9 Å². The SMILES string of the molecule is CC(C)Oc1nc(N)nc(N(C)Cc2ccccc2)n1. The van der Waals surface area contributed by atoms with E-state index in [4.69, 9.17) is 10.5 Å². The van der Waals surface area contributed by atoms with E-state index < -0.39 is 0 Å². The molecule has 0 amide bonds. The van der Waals surface area contributed by atoms with Gasteiger partial charge in [0.15, 0.2) is 0 Å². The van der Waals surface area contributed by atoms with Gasteiger partial charge in [-0.1, -0.05) is 30.3 Å². The molecule has 6 heteroatoms. The van der Waals surface area contributed by atoms with E-state index >= 15 is 0 Å². The number of aromatic nitrogens is 3. The molecule has 0 unspecified atom stereocenters. The average molecular weight is 273 g/mol. The first kappa shape index (κ1) is 14.0. The third-order valence-electron chi connectivity index (χ3n) is 2.57. The molecule has 0 aliphatic heterocycles. The summed E-state index contributed by atoms with van der Waals surface area (Å²) in [6.45, 7) is 4.51. The molecular formula is C14H19N5O. The highest BCUT2D eigenvalue weighted by atomic mass is 16.5. The van der Waals surface area contributed by atoms with Crippen molar-refractivity contribution >= 4 is 11.9 Å². The molecule has 0 fully saturated rings. The first-order valence-corrected chi connectivity index (χ1v) is 6.48. The summed E-state index contributed by atoms with van der Waals surface area (Å²) in [5.74, 6) is 0.655. The number of hydrogen-bond donors (Lipinski definition) is 1. The number of ether oxygens (including phenoxy) is 1. The molecule has 2 rings (SSSR count). The minimum Gasteiger partial charge on any atom is -0.461 e. The molecule has 6 nitrogen and oxygen atoms in total. The van der Waals surface area contributed by atoms with Crippen molar-refractivity contribution in [1.29, 1.82) is 0 Å². The summed E-state index contributed by atoms with van der Waals surface area (Å²) in [7, 11) is 1.90. The van der Waals surface area contributed by atoms with E-state index in [-0.39, 0.29) is 18.1 Å². The summed E-state index contributed by atoms with van der Waals surface area (Å²) in [5, 5.41) is 0. The smallest absolute Gasteiger partial charge is 0.323 e. The summed E-state index contributed by atoms with van der Waals surface area (Å²) in [6, 6.07) is 10.3. The lowest BCUT2D eigenvalue weighted by atomic mass is 10.2. The first-order chi connectivity index (χ1) is 9.54. The van der Waals surface area contributed by atoms with Gasteiger partial charge < -0.3 is 15.4 Å². The number of anilines is 2. The fourth-order valence-electron chi connectivity index (χ4n) is 1.72. The maximum Gasteiger partial charge on any atom is 0.323 e. The molecular weight excluding hydrogens is 254 g/mol. The second kappa shape index (κ2) is 6.18. The average Bonchev–Trinajstić information content (AvgIpc) is 2.38. The molecule has 0 aliphatic carbocycles. The van der Waals surface area contributed by atoms with Crippen LogP contribution in [0, 0.1) is 0 Å². The lowest BCUT2D eigenvalue weighted by Crippen LogP contribution is -2.21. The molecule has 20 heavy (non-hydrogen) atoms. The number of nitrogen functional groups attached to an aromatic ring is 1. The van der Waals surface area contributed by atoms with Crippen LogP contribution in [0.2, 0.25) is 0 Å². The monoisotopic (exact) mass is 273 g/mol. The Bertz CT molecular complexity index is 559. The van der Waals surface area contributed by atoms with Gasteiger partial charge >= 0.3 is 6.01 Å². The highest BCUT2D eigenvalue weighted by Gasteiger charge is 2.11. The molecule has 0 bridgehead atoms. The zero-order valence-corrected chi connectivity index (χ0v) is 11.9. The van der Waals surface area contributed by atoms with Crippen LogP contribution in [0.4, 0.5) is 11.9 Å². The van der Waals surface area contributed by atoms with Gasteiger partial charge in [-0.25, -0.2) is 0 Å². The summed E-state index contributed by atoms with van der Waals surface area (Å²) in [4.78, 5) is 14.3. The Morgan fingerprint density at radius 2 is 1.85 bits per heavy atom. The van der Waals surface area contributed by atoms with Crippen LogP contribution in [0.5, 0.6) is 6.01 Å². The van der Waals surface area contributed by atoms with Gasteiger partial charge in [-0.3, -0.25) is 0 Å². The van der Waals surface area contributed by atoms with Crippen molar-refractivity contribution in [3.63, 3.8) is 0 Å². The summed E-state index contributed by atoms with van der Waals surface area (Å²) in [6.07, 6.45) is -0.0101. The van der Waals surface area contributed by atoms with Crippen molar-refractivity contribution < 1.29 is 4.74 Å². The van der Waals surface area contributed by atoms with Crippen molar-refractivity contribution in [1.82, 2.24) is 15.0 Å². The van der Waals surface area contributed by atoms with Crippen LogP contribution in [-0.2, 0) is 6.54 Å². The third kappa shape index (κ3) is 3.81. The van der Waals surface area contributed by atoms with E-state index in [0.717, 1.165) is 0 Å². The van der Waals surface area contributed by atoms with Crippen molar-refractivity contribution in [2.45, 2.75) is 26.5 Å². The minimum absolute atomic E-state index is 0.0101. The second-order valence-electron chi connectivity index (χ2n) is 4.78. The number of nitrogens with two attached hydrogens (primary N) is 1. The zero-order chi connectivity index (χ0) is 14.5. The number of rotatable bonds is 5. The Morgan fingerprint density at radius 3 is 2.50 bits per heavy atom. The molecule has 1 heterocycles. The van der Waals surface area contributed by atoms with E-state index in [1.54, 1.807) is 0 Å². The topological polar surface area (TPSA) is 77.2 Å². The van der Waals surface area contributed by atoms with Crippen molar-refractivity contribution in [3.8, 4) is 6.01 Å². The Labute approximate surface area is 118 Å². The molecule has 0 atom stereocenters. The Morgan fingerprint density at radius 1 is 1.15 bits per heavy atom. The first-order valence-electron chi connectivity index (χ1n) is 6.48. The molecule has 2 N–H and O–H groups in total. The molecule has 106 valence electrons. The van der Waals surface area contributed by atoms with Crippen LogP contribution in [0.1, 0.15) is 19.4 Å².